The van der Waals surface area contributed by atoms with Gasteiger partial charge in [-0.2, -0.15) is 0 Å². The van der Waals surface area contributed by atoms with Crippen LogP contribution >= 0.6 is 0 Å². The van der Waals surface area contributed by atoms with Crippen LogP contribution in [0.4, 0.5) is 0 Å². The van der Waals surface area contributed by atoms with Crippen LogP contribution in [0.3, 0.4) is 0 Å². The molecule has 1 atom stereocenters. The van der Waals surface area contributed by atoms with Crippen LogP contribution in [-0.2, 0) is 11.2 Å². The molecule has 18 heavy (non-hydrogen) atoms. The molecule has 0 amide bonds. The molecule has 1 unspecified atom stereocenters. The van der Waals surface area contributed by atoms with Crippen LogP contribution in [0.1, 0.15) is 50.3 Å². The number of rotatable bonds is 3. The minimum atomic E-state index is 0.117. The lowest BCUT2D eigenvalue weighted by Gasteiger charge is -2.38. The smallest absolute Gasteiger partial charge is 0.0850 e. The lowest BCUT2D eigenvalue weighted by molar-refractivity contribution is -0.0911. The first-order valence-electron chi connectivity index (χ1n) is 6.97. The third kappa shape index (κ3) is 2.29. The SMILES string of the molecule is OCCc1cn(C2CCOC3(CCCC3)C2)nn1. The van der Waals surface area contributed by atoms with Crippen LogP contribution in [0.25, 0.3) is 0 Å². The molecule has 0 radical (unpaired) electrons. The van der Waals surface area contributed by atoms with Crippen molar-refractivity contribution in [1.29, 1.82) is 0 Å². The summed E-state index contributed by atoms with van der Waals surface area (Å²) < 4.78 is 8.01. The van der Waals surface area contributed by atoms with Gasteiger partial charge >= 0.3 is 0 Å². The third-order valence-corrected chi connectivity index (χ3v) is 4.28. The van der Waals surface area contributed by atoms with Crippen molar-refractivity contribution < 1.29 is 9.84 Å². The van der Waals surface area contributed by atoms with Crippen molar-refractivity contribution in [2.75, 3.05) is 13.2 Å². The van der Waals surface area contributed by atoms with E-state index in [1.165, 1.54) is 25.7 Å². The maximum absolute atomic E-state index is 8.91. The fraction of sp³-hybridized carbons (Fsp3) is 0.846. The standard InChI is InChI=1S/C13H21N3O2/c17-7-3-11-10-16(15-14-11)12-4-8-18-13(9-12)5-1-2-6-13/h10,12,17H,1-9H2. The van der Waals surface area contributed by atoms with Gasteiger partial charge in [-0.25, -0.2) is 4.68 Å². The summed E-state index contributed by atoms with van der Waals surface area (Å²) in [6.45, 7) is 0.969. The van der Waals surface area contributed by atoms with Crippen molar-refractivity contribution in [3.63, 3.8) is 0 Å². The van der Waals surface area contributed by atoms with E-state index in [0.717, 1.165) is 25.1 Å². The zero-order valence-corrected chi connectivity index (χ0v) is 10.7. The Bertz CT molecular complexity index is 399. The van der Waals surface area contributed by atoms with Crippen molar-refractivity contribution in [1.82, 2.24) is 15.0 Å². The Balaban J connectivity index is 1.71. The third-order valence-electron chi connectivity index (χ3n) is 4.28. The van der Waals surface area contributed by atoms with Gasteiger partial charge in [0.15, 0.2) is 0 Å². The number of aromatic nitrogens is 3. The molecule has 1 saturated carbocycles. The predicted molar refractivity (Wildman–Crippen MR) is 66.2 cm³/mol. The van der Waals surface area contributed by atoms with Gasteiger partial charge in [-0.15, -0.1) is 5.10 Å². The van der Waals surface area contributed by atoms with Crippen LogP contribution in [0.2, 0.25) is 0 Å². The first kappa shape index (κ1) is 12.1. The number of hydrogen-bond donors (Lipinski definition) is 1. The molecule has 0 aromatic carbocycles. The van der Waals surface area contributed by atoms with Crippen molar-refractivity contribution in [3.05, 3.63) is 11.9 Å². The average Bonchev–Trinajstić information content (AvgIpc) is 3.00. The van der Waals surface area contributed by atoms with E-state index < -0.39 is 0 Å². The molecule has 3 rings (SSSR count). The minimum absolute atomic E-state index is 0.117. The van der Waals surface area contributed by atoms with Gasteiger partial charge in [-0.1, -0.05) is 18.1 Å². The van der Waals surface area contributed by atoms with E-state index in [9.17, 15) is 0 Å². The molecule has 100 valence electrons. The Labute approximate surface area is 107 Å². The second-order valence-corrected chi connectivity index (χ2v) is 5.55. The first-order valence-corrected chi connectivity index (χ1v) is 6.97. The molecule has 1 N–H and O–H groups in total. The van der Waals surface area contributed by atoms with Crippen molar-refractivity contribution in [2.24, 2.45) is 0 Å². The summed E-state index contributed by atoms with van der Waals surface area (Å²) in [5.74, 6) is 0. The van der Waals surface area contributed by atoms with Gasteiger partial charge in [0.05, 0.1) is 17.3 Å². The van der Waals surface area contributed by atoms with Gasteiger partial charge in [-0.05, 0) is 25.7 Å². The molecule has 5 nitrogen and oxygen atoms in total. The van der Waals surface area contributed by atoms with Gasteiger partial charge in [-0.3, -0.25) is 0 Å². The molecular weight excluding hydrogens is 230 g/mol. The molecule has 0 bridgehead atoms. The highest BCUT2D eigenvalue weighted by molar-refractivity contribution is 4.97. The van der Waals surface area contributed by atoms with Gasteiger partial charge in [0.2, 0.25) is 0 Å². The molecule has 2 heterocycles. The van der Waals surface area contributed by atoms with E-state index in [1.54, 1.807) is 0 Å². The Hall–Kier alpha value is -0.940. The minimum Gasteiger partial charge on any atom is -0.396 e. The number of hydrogen-bond acceptors (Lipinski definition) is 4. The summed E-state index contributed by atoms with van der Waals surface area (Å²) in [6.07, 6.45) is 9.63. The van der Waals surface area contributed by atoms with E-state index in [2.05, 4.69) is 10.3 Å². The molecule has 1 aliphatic carbocycles. The number of nitrogens with zero attached hydrogens (tertiary/aromatic N) is 3. The zero-order chi connectivity index (χ0) is 12.4. The van der Waals surface area contributed by atoms with Gasteiger partial charge < -0.3 is 9.84 Å². The zero-order valence-electron chi connectivity index (χ0n) is 10.7. The van der Waals surface area contributed by atoms with E-state index in [-0.39, 0.29) is 12.2 Å². The van der Waals surface area contributed by atoms with E-state index >= 15 is 0 Å². The Kier molecular flexibility index (Phi) is 3.35. The van der Waals surface area contributed by atoms with Crippen LogP contribution in [-0.4, -0.2) is 38.9 Å². The molecule has 2 aliphatic rings. The van der Waals surface area contributed by atoms with Crippen LogP contribution in [0, 0.1) is 0 Å². The van der Waals surface area contributed by atoms with Gasteiger partial charge in [0.1, 0.15) is 0 Å². The number of ether oxygens (including phenoxy) is 1. The number of aliphatic hydroxyl groups excluding tert-OH is 1. The van der Waals surface area contributed by atoms with Crippen molar-refractivity contribution in [3.8, 4) is 0 Å². The molecule has 1 aromatic heterocycles. The molecule has 1 saturated heterocycles. The normalized spacial score (nSPS) is 26.8. The lowest BCUT2D eigenvalue weighted by atomic mass is 9.89. The maximum atomic E-state index is 8.91. The fourth-order valence-corrected chi connectivity index (χ4v) is 3.32. The summed E-state index contributed by atoms with van der Waals surface area (Å²) in [5.41, 5.74) is 0.996. The highest BCUT2D eigenvalue weighted by Crippen LogP contribution is 2.43. The average molecular weight is 251 g/mol. The quantitative estimate of drug-likeness (QED) is 0.884. The monoisotopic (exact) mass is 251 g/mol. The van der Waals surface area contributed by atoms with Gasteiger partial charge in [0.25, 0.3) is 0 Å². The predicted octanol–water partition coefficient (Wildman–Crippen LogP) is 1.48. The summed E-state index contributed by atoms with van der Waals surface area (Å²) >= 11 is 0. The molecule has 1 spiro atoms. The maximum Gasteiger partial charge on any atom is 0.0850 e. The Morgan fingerprint density at radius 2 is 2.28 bits per heavy atom. The van der Waals surface area contributed by atoms with Crippen LogP contribution in [0.15, 0.2) is 6.20 Å². The van der Waals surface area contributed by atoms with Crippen LogP contribution in [0.5, 0.6) is 0 Å². The molecule has 1 aromatic rings. The molecule has 5 heteroatoms. The molecule has 1 aliphatic heterocycles. The summed E-state index contributed by atoms with van der Waals surface area (Å²) in [7, 11) is 0. The van der Waals surface area contributed by atoms with Gasteiger partial charge in [0, 0.05) is 25.8 Å². The summed E-state index contributed by atoms with van der Waals surface area (Å²) in [5, 5.41) is 17.2. The van der Waals surface area contributed by atoms with Crippen LogP contribution < -0.4 is 0 Å². The Morgan fingerprint density at radius 1 is 1.44 bits per heavy atom. The molecular formula is C13H21N3O2. The fourth-order valence-electron chi connectivity index (χ4n) is 3.32. The Morgan fingerprint density at radius 3 is 3.06 bits per heavy atom. The second kappa shape index (κ2) is 4.97. The lowest BCUT2D eigenvalue weighted by Crippen LogP contribution is -2.38. The van der Waals surface area contributed by atoms with E-state index in [1.807, 2.05) is 10.9 Å². The van der Waals surface area contributed by atoms with E-state index in [0.29, 0.717) is 12.5 Å². The van der Waals surface area contributed by atoms with Crippen molar-refractivity contribution >= 4 is 0 Å². The molecule has 2 fully saturated rings. The first-order chi connectivity index (χ1) is 8.81. The second-order valence-electron chi connectivity index (χ2n) is 5.55. The highest BCUT2D eigenvalue weighted by atomic mass is 16.5. The topological polar surface area (TPSA) is 60.2 Å². The number of aliphatic hydroxyl groups is 1. The summed E-state index contributed by atoms with van der Waals surface area (Å²) in [6, 6.07) is 0.414. The van der Waals surface area contributed by atoms with Crippen molar-refractivity contribution in [2.45, 2.75) is 56.6 Å². The van der Waals surface area contributed by atoms with E-state index in [4.69, 9.17) is 9.84 Å². The summed E-state index contributed by atoms with van der Waals surface area (Å²) in [4.78, 5) is 0. The largest absolute Gasteiger partial charge is 0.396 e. The highest BCUT2D eigenvalue weighted by Gasteiger charge is 2.40.